The average molecular weight is 420 g/mol. The molecule has 1 atom stereocenters. The summed E-state index contributed by atoms with van der Waals surface area (Å²) in [7, 11) is 0. The summed E-state index contributed by atoms with van der Waals surface area (Å²) in [5.74, 6) is -1.91. The minimum absolute atomic E-state index is 0.0221. The summed E-state index contributed by atoms with van der Waals surface area (Å²) in [6.45, 7) is 3.09. The number of rotatable bonds is 7. The third-order valence-electron chi connectivity index (χ3n) is 5.00. The molecule has 3 rings (SSSR count). The van der Waals surface area contributed by atoms with Gasteiger partial charge in [0.15, 0.2) is 17.7 Å². The van der Waals surface area contributed by atoms with Crippen molar-refractivity contribution in [2.24, 2.45) is 0 Å². The minimum atomic E-state index is -1.12. The standard InChI is InChI=1S/C24H21FN2O4/c1-3-19(31-20-12-8-7-11-18(20)25)22(28)21-15(2)17(13-26)23(29)27(24(21)30)14-16-9-5-4-6-10-16/h4-12,19,30H,3,14H2,1-2H3. The molecule has 6 nitrogen and oxygen atoms in total. The highest BCUT2D eigenvalue weighted by Crippen LogP contribution is 2.27. The Bertz CT molecular complexity index is 1210. The van der Waals surface area contributed by atoms with Crippen molar-refractivity contribution in [3.05, 3.63) is 93.0 Å². The van der Waals surface area contributed by atoms with Crippen molar-refractivity contribution in [3.8, 4) is 17.7 Å². The Labute approximate surface area is 178 Å². The van der Waals surface area contributed by atoms with Crippen molar-refractivity contribution < 1.29 is 19.0 Å². The van der Waals surface area contributed by atoms with Crippen LogP contribution in [0.4, 0.5) is 4.39 Å². The van der Waals surface area contributed by atoms with E-state index in [0.29, 0.717) is 5.56 Å². The molecule has 0 fully saturated rings. The first-order valence-corrected chi connectivity index (χ1v) is 9.74. The van der Waals surface area contributed by atoms with E-state index < -0.39 is 29.1 Å². The van der Waals surface area contributed by atoms with Gasteiger partial charge >= 0.3 is 0 Å². The predicted octanol–water partition coefficient (Wildman–Crippen LogP) is 3.96. The second-order valence-electron chi connectivity index (χ2n) is 7.00. The van der Waals surface area contributed by atoms with E-state index in [4.69, 9.17) is 4.74 Å². The molecule has 2 aromatic carbocycles. The average Bonchev–Trinajstić information content (AvgIpc) is 2.77. The van der Waals surface area contributed by atoms with Crippen LogP contribution in [0.3, 0.4) is 0 Å². The molecule has 158 valence electrons. The molecule has 0 saturated carbocycles. The van der Waals surface area contributed by atoms with Crippen molar-refractivity contribution in [1.29, 1.82) is 5.26 Å². The van der Waals surface area contributed by atoms with Gasteiger partial charge < -0.3 is 9.84 Å². The van der Waals surface area contributed by atoms with E-state index in [1.165, 1.54) is 25.1 Å². The lowest BCUT2D eigenvalue weighted by Crippen LogP contribution is -2.32. The number of carbonyl (C=O) groups is 1. The number of ketones is 1. The van der Waals surface area contributed by atoms with Crippen LogP contribution in [0, 0.1) is 24.1 Å². The summed E-state index contributed by atoms with van der Waals surface area (Å²) in [5.41, 5.74) is -0.343. The zero-order chi connectivity index (χ0) is 22.5. The number of pyridine rings is 1. The fourth-order valence-electron chi connectivity index (χ4n) is 3.34. The van der Waals surface area contributed by atoms with Crippen LogP contribution >= 0.6 is 0 Å². The molecule has 0 bridgehead atoms. The maximum Gasteiger partial charge on any atom is 0.271 e. The highest BCUT2D eigenvalue weighted by atomic mass is 19.1. The molecule has 0 saturated heterocycles. The summed E-state index contributed by atoms with van der Waals surface area (Å²) in [4.78, 5) is 26.1. The van der Waals surface area contributed by atoms with E-state index in [9.17, 15) is 24.3 Å². The molecule has 1 aromatic heterocycles. The number of aromatic hydroxyl groups is 1. The van der Waals surface area contributed by atoms with Crippen molar-refractivity contribution in [3.63, 3.8) is 0 Å². The first-order valence-electron chi connectivity index (χ1n) is 9.74. The lowest BCUT2D eigenvalue weighted by atomic mass is 9.97. The third-order valence-corrected chi connectivity index (χ3v) is 5.00. The van der Waals surface area contributed by atoms with Gasteiger partial charge in [-0.15, -0.1) is 0 Å². The van der Waals surface area contributed by atoms with Gasteiger partial charge in [-0.25, -0.2) is 4.39 Å². The lowest BCUT2D eigenvalue weighted by Gasteiger charge is -2.20. The van der Waals surface area contributed by atoms with Gasteiger partial charge in [0.05, 0.1) is 12.1 Å². The van der Waals surface area contributed by atoms with Gasteiger partial charge in [-0.3, -0.25) is 14.2 Å². The normalized spacial score (nSPS) is 11.5. The van der Waals surface area contributed by atoms with E-state index in [1.807, 2.05) is 12.1 Å². The molecule has 1 heterocycles. The predicted molar refractivity (Wildman–Crippen MR) is 113 cm³/mol. The number of Topliss-reactive ketones (excluding diaryl/α,β-unsaturated/α-hetero) is 1. The number of para-hydroxylation sites is 1. The van der Waals surface area contributed by atoms with Gasteiger partial charge in [0.2, 0.25) is 11.7 Å². The largest absolute Gasteiger partial charge is 0.494 e. The Morgan fingerprint density at radius 3 is 2.45 bits per heavy atom. The van der Waals surface area contributed by atoms with Crippen LogP contribution in [-0.4, -0.2) is 21.6 Å². The Hall–Kier alpha value is -3.92. The molecule has 0 aliphatic carbocycles. The Morgan fingerprint density at radius 2 is 1.84 bits per heavy atom. The lowest BCUT2D eigenvalue weighted by molar-refractivity contribution is 0.0774. The second kappa shape index (κ2) is 9.26. The van der Waals surface area contributed by atoms with Gasteiger partial charge in [0.1, 0.15) is 11.6 Å². The van der Waals surface area contributed by atoms with Crippen LogP contribution in [0.2, 0.25) is 0 Å². The first kappa shape index (κ1) is 21.8. The Kier molecular flexibility index (Phi) is 6.51. The quantitative estimate of drug-likeness (QED) is 0.584. The number of ether oxygens (including phenoxy) is 1. The number of hydrogen-bond acceptors (Lipinski definition) is 5. The molecule has 0 radical (unpaired) electrons. The fourth-order valence-corrected chi connectivity index (χ4v) is 3.34. The highest BCUT2D eigenvalue weighted by molar-refractivity contribution is 6.03. The van der Waals surface area contributed by atoms with Gasteiger partial charge in [-0.1, -0.05) is 49.4 Å². The number of benzene rings is 2. The number of nitriles is 1. The number of aromatic nitrogens is 1. The van der Waals surface area contributed by atoms with Crippen molar-refractivity contribution in [1.82, 2.24) is 4.57 Å². The van der Waals surface area contributed by atoms with Gasteiger partial charge in [0, 0.05) is 0 Å². The Balaban J connectivity index is 2.09. The molecule has 0 spiro atoms. The number of carbonyl (C=O) groups excluding carboxylic acids is 1. The molecule has 0 amide bonds. The molecular formula is C24H21FN2O4. The van der Waals surface area contributed by atoms with Crippen LogP contribution in [0.5, 0.6) is 11.6 Å². The zero-order valence-electron chi connectivity index (χ0n) is 17.1. The smallest absolute Gasteiger partial charge is 0.271 e. The molecule has 1 N–H and O–H groups in total. The maximum atomic E-state index is 14.0. The summed E-state index contributed by atoms with van der Waals surface area (Å²) in [5, 5.41) is 20.4. The van der Waals surface area contributed by atoms with E-state index >= 15 is 0 Å². The first-order chi connectivity index (χ1) is 14.9. The van der Waals surface area contributed by atoms with E-state index in [0.717, 1.165) is 4.57 Å². The molecular weight excluding hydrogens is 399 g/mol. The van der Waals surface area contributed by atoms with Crippen molar-refractivity contribution in [2.45, 2.75) is 32.9 Å². The van der Waals surface area contributed by atoms with Gasteiger partial charge in [-0.05, 0) is 36.6 Å². The monoisotopic (exact) mass is 420 g/mol. The fraction of sp³-hybridized carbons (Fsp3) is 0.208. The zero-order valence-corrected chi connectivity index (χ0v) is 17.1. The van der Waals surface area contributed by atoms with Crippen molar-refractivity contribution in [2.75, 3.05) is 0 Å². The van der Waals surface area contributed by atoms with E-state index in [2.05, 4.69) is 0 Å². The minimum Gasteiger partial charge on any atom is -0.494 e. The van der Waals surface area contributed by atoms with Crippen LogP contribution in [-0.2, 0) is 6.54 Å². The summed E-state index contributed by atoms with van der Waals surface area (Å²) in [6.07, 6.45) is -0.929. The maximum absolute atomic E-state index is 14.0. The second-order valence-corrected chi connectivity index (χ2v) is 7.00. The summed E-state index contributed by atoms with van der Waals surface area (Å²) < 4.78 is 20.6. The molecule has 1 unspecified atom stereocenters. The van der Waals surface area contributed by atoms with E-state index in [1.54, 1.807) is 37.3 Å². The van der Waals surface area contributed by atoms with Crippen LogP contribution in [0.15, 0.2) is 59.4 Å². The van der Waals surface area contributed by atoms with Crippen LogP contribution in [0.25, 0.3) is 0 Å². The number of nitrogens with zero attached hydrogens (tertiary/aromatic N) is 2. The summed E-state index contributed by atoms with van der Waals surface area (Å²) >= 11 is 0. The number of halogens is 1. The summed E-state index contributed by atoms with van der Waals surface area (Å²) in [6, 6.07) is 16.4. The van der Waals surface area contributed by atoms with E-state index in [-0.39, 0.29) is 35.4 Å². The van der Waals surface area contributed by atoms with Crippen LogP contribution < -0.4 is 10.3 Å². The molecule has 31 heavy (non-hydrogen) atoms. The molecule has 0 aliphatic heterocycles. The van der Waals surface area contributed by atoms with Crippen LogP contribution in [0.1, 0.15) is 40.4 Å². The molecule has 0 aliphatic rings. The van der Waals surface area contributed by atoms with Gasteiger partial charge in [0.25, 0.3) is 5.56 Å². The molecule has 7 heteroatoms. The number of hydrogen-bond donors (Lipinski definition) is 1. The highest BCUT2D eigenvalue weighted by Gasteiger charge is 2.30. The third kappa shape index (κ3) is 4.33. The Morgan fingerprint density at radius 1 is 1.19 bits per heavy atom. The SMILES string of the molecule is CCC(Oc1ccccc1F)C(=O)c1c(C)c(C#N)c(=O)n(Cc2ccccc2)c1O. The van der Waals surface area contributed by atoms with Gasteiger partial charge in [-0.2, -0.15) is 5.26 Å². The van der Waals surface area contributed by atoms with Crippen molar-refractivity contribution >= 4 is 5.78 Å². The molecule has 3 aromatic rings. The topological polar surface area (TPSA) is 92.3 Å².